The SMILES string of the molecule is COCCN(C)c1ccc(Nc2nc(Oc3cccc([N+](=O)[O-])c3)c3cc[nH]c3n2)cn1. The molecule has 0 saturated carbocycles. The maximum atomic E-state index is 11.0. The van der Waals surface area contributed by atoms with Gasteiger partial charge in [-0.15, -0.1) is 0 Å². The second-order valence-electron chi connectivity index (χ2n) is 6.89. The lowest BCUT2D eigenvalue weighted by atomic mass is 10.3. The topological polar surface area (TPSA) is 131 Å². The van der Waals surface area contributed by atoms with E-state index in [2.05, 4.69) is 25.3 Å². The lowest BCUT2D eigenvalue weighted by Gasteiger charge is -2.17. The van der Waals surface area contributed by atoms with Crippen molar-refractivity contribution in [2.75, 3.05) is 37.5 Å². The number of nitrogens with one attached hydrogen (secondary N) is 2. The first-order chi connectivity index (χ1) is 15.5. The number of ether oxygens (including phenoxy) is 2. The fraction of sp³-hybridized carbons (Fsp3) is 0.190. The van der Waals surface area contributed by atoms with E-state index in [0.717, 1.165) is 12.4 Å². The van der Waals surface area contributed by atoms with Gasteiger partial charge in [0.1, 0.15) is 17.2 Å². The Morgan fingerprint density at radius 2 is 2.09 bits per heavy atom. The first-order valence-electron chi connectivity index (χ1n) is 9.74. The smallest absolute Gasteiger partial charge is 0.273 e. The fourth-order valence-corrected chi connectivity index (χ4v) is 2.98. The Balaban J connectivity index is 1.57. The number of nitrogens with zero attached hydrogens (tertiary/aromatic N) is 5. The highest BCUT2D eigenvalue weighted by atomic mass is 16.6. The van der Waals surface area contributed by atoms with Crippen LogP contribution in [0.2, 0.25) is 0 Å². The molecule has 2 N–H and O–H groups in total. The predicted molar refractivity (Wildman–Crippen MR) is 120 cm³/mol. The summed E-state index contributed by atoms with van der Waals surface area (Å²) >= 11 is 0. The number of pyridine rings is 1. The number of hydrogen-bond acceptors (Lipinski definition) is 9. The molecule has 4 aromatic rings. The van der Waals surface area contributed by atoms with Gasteiger partial charge in [-0.25, -0.2) is 4.98 Å². The average molecular weight is 435 g/mol. The highest BCUT2D eigenvalue weighted by Gasteiger charge is 2.14. The number of aromatic nitrogens is 4. The zero-order valence-corrected chi connectivity index (χ0v) is 17.5. The van der Waals surface area contributed by atoms with Crippen molar-refractivity contribution in [3.8, 4) is 11.6 Å². The number of rotatable bonds is 9. The minimum atomic E-state index is -0.477. The molecule has 0 saturated heterocycles. The number of aromatic amines is 1. The molecule has 3 heterocycles. The molecular formula is C21H21N7O4. The Hall–Kier alpha value is -4.25. The molecule has 0 fully saturated rings. The summed E-state index contributed by atoms with van der Waals surface area (Å²) in [7, 11) is 3.60. The van der Waals surface area contributed by atoms with Crippen molar-refractivity contribution in [1.29, 1.82) is 0 Å². The van der Waals surface area contributed by atoms with Crippen LogP contribution in [0.5, 0.6) is 11.6 Å². The van der Waals surface area contributed by atoms with E-state index < -0.39 is 4.92 Å². The molecule has 3 aromatic heterocycles. The third-order valence-corrected chi connectivity index (χ3v) is 4.65. The lowest BCUT2D eigenvalue weighted by Crippen LogP contribution is -2.22. The molecule has 0 bridgehead atoms. The normalized spacial score (nSPS) is 10.8. The van der Waals surface area contributed by atoms with Gasteiger partial charge < -0.3 is 24.7 Å². The molecule has 0 atom stereocenters. The van der Waals surface area contributed by atoms with Gasteiger partial charge in [-0.05, 0) is 24.3 Å². The minimum Gasteiger partial charge on any atom is -0.438 e. The van der Waals surface area contributed by atoms with E-state index in [1.54, 1.807) is 37.7 Å². The van der Waals surface area contributed by atoms with Crippen LogP contribution >= 0.6 is 0 Å². The van der Waals surface area contributed by atoms with Gasteiger partial charge in [0.05, 0.1) is 34.9 Å². The number of H-pyrrole nitrogens is 1. The van der Waals surface area contributed by atoms with E-state index in [1.807, 2.05) is 24.1 Å². The molecule has 0 unspecified atom stereocenters. The van der Waals surface area contributed by atoms with Crippen molar-refractivity contribution in [2.24, 2.45) is 0 Å². The fourth-order valence-electron chi connectivity index (χ4n) is 2.98. The third-order valence-electron chi connectivity index (χ3n) is 4.65. The summed E-state index contributed by atoms with van der Waals surface area (Å²) in [5.74, 6) is 1.67. The summed E-state index contributed by atoms with van der Waals surface area (Å²) in [5, 5.41) is 14.8. The van der Waals surface area contributed by atoms with Crippen molar-refractivity contribution >= 4 is 34.2 Å². The number of methoxy groups -OCH3 is 1. The van der Waals surface area contributed by atoms with E-state index >= 15 is 0 Å². The molecule has 0 amide bonds. The van der Waals surface area contributed by atoms with Crippen LogP contribution in [0, 0.1) is 10.1 Å². The molecule has 0 aliphatic heterocycles. The van der Waals surface area contributed by atoms with Gasteiger partial charge >= 0.3 is 0 Å². The molecule has 0 spiro atoms. The summed E-state index contributed by atoms with van der Waals surface area (Å²) in [4.78, 5) is 28.9. The Bertz CT molecular complexity index is 1230. The maximum absolute atomic E-state index is 11.0. The van der Waals surface area contributed by atoms with Gasteiger partial charge in [0.2, 0.25) is 11.8 Å². The highest BCUT2D eigenvalue weighted by Crippen LogP contribution is 2.30. The van der Waals surface area contributed by atoms with Crippen LogP contribution < -0.4 is 15.0 Å². The van der Waals surface area contributed by atoms with Crippen molar-refractivity contribution in [1.82, 2.24) is 19.9 Å². The van der Waals surface area contributed by atoms with Crippen LogP contribution in [0.4, 0.5) is 23.1 Å². The molecular weight excluding hydrogens is 414 g/mol. The van der Waals surface area contributed by atoms with Crippen LogP contribution in [0.25, 0.3) is 11.0 Å². The summed E-state index contributed by atoms with van der Waals surface area (Å²) in [5.41, 5.74) is 1.19. The Kier molecular flexibility index (Phi) is 6.08. The van der Waals surface area contributed by atoms with Crippen LogP contribution in [0.3, 0.4) is 0 Å². The number of fused-ring (bicyclic) bond motifs is 1. The average Bonchev–Trinajstić information content (AvgIpc) is 3.27. The molecule has 164 valence electrons. The molecule has 1 aromatic carbocycles. The molecule has 11 nitrogen and oxygen atoms in total. The Labute approximate surface area is 183 Å². The summed E-state index contributed by atoms with van der Waals surface area (Å²) in [6.45, 7) is 1.33. The zero-order chi connectivity index (χ0) is 22.5. The zero-order valence-electron chi connectivity index (χ0n) is 17.5. The molecule has 0 aliphatic rings. The second kappa shape index (κ2) is 9.27. The van der Waals surface area contributed by atoms with E-state index in [9.17, 15) is 10.1 Å². The predicted octanol–water partition coefficient (Wildman–Crippen LogP) is 3.88. The largest absolute Gasteiger partial charge is 0.438 e. The summed E-state index contributed by atoms with van der Waals surface area (Å²) in [6, 6.07) is 11.5. The molecule has 32 heavy (non-hydrogen) atoms. The van der Waals surface area contributed by atoms with Crippen molar-refractivity contribution in [3.05, 3.63) is 65.0 Å². The van der Waals surface area contributed by atoms with Gasteiger partial charge in [-0.2, -0.15) is 9.97 Å². The monoisotopic (exact) mass is 435 g/mol. The summed E-state index contributed by atoms with van der Waals surface area (Å²) < 4.78 is 10.9. The van der Waals surface area contributed by atoms with Crippen molar-refractivity contribution in [3.63, 3.8) is 0 Å². The van der Waals surface area contributed by atoms with E-state index in [4.69, 9.17) is 9.47 Å². The highest BCUT2D eigenvalue weighted by molar-refractivity contribution is 5.82. The quantitative estimate of drug-likeness (QED) is 0.297. The van der Waals surface area contributed by atoms with Gasteiger partial charge in [0.25, 0.3) is 5.69 Å². The number of anilines is 3. The van der Waals surface area contributed by atoms with E-state index in [-0.39, 0.29) is 11.6 Å². The number of non-ortho nitro benzene ring substituents is 1. The maximum Gasteiger partial charge on any atom is 0.273 e. The first-order valence-corrected chi connectivity index (χ1v) is 9.74. The van der Waals surface area contributed by atoms with Gasteiger partial charge in [-0.3, -0.25) is 10.1 Å². The molecule has 0 aliphatic carbocycles. The Morgan fingerprint density at radius 1 is 1.22 bits per heavy atom. The van der Waals surface area contributed by atoms with Gasteiger partial charge in [-0.1, -0.05) is 6.07 Å². The van der Waals surface area contributed by atoms with Crippen LogP contribution in [-0.4, -0.2) is 52.2 Å². The molecule has 11 heteroatoms. The number of nitro groups is 1. The van der Waals surface area contributed by atoms with E-state index in [0.29, 0.717) is 35.0 Å². The summed E-state index contributed by atoms with van der Waals surface area (Å²) in [6.07, 6.45) is 3.40. The van der Waals surface area contributed by atoms with E-state index in [1.165, 1.54) is 12.1 Å². The molecule has 4 rings (SSSR count). The number of likely N-dealkylation sites (N-methyl/N-ethyl adjacent to an activating group) is 1. The standard InChI is InChI=1S/C21H21N7O4/c1-27(10-11-31-2)18-7-6-14(13-23-18)24-21-25-19-17(8-9-22-19)20(26-21)32-16-5-3-4-15(12-16)28(29)30/h3-9,12-13H,10-11H2,1-2H3,(H2,22,24,25,26). The Morgan fingerprint density at radius 3 is 2.84 bits per heavy atom. The number of nitro benzene ring substituents is 1. The van der Waals surface area contributed by atoms with Crippen molar-refractivity contribution in [2.45, 2.75) is 0 Å². The van der Waals surface area contributed by atoms with Crippen LogP contribution in [-0.2, 0) is 4.74 Å². The second-order valence-corrected chi connectivity index (χ2v) is 6.89. The first kappa shape index (κ1) is 21.0. The van der Waals surface area contributed by atoms with Gasteiger partial charge in [0.15, 0.2) is 0 Å². The third kappa shape index (κ3) is 4.73. The van der Waals surface area contributed by atoms with Crippen LogP contribution in [0.15, 0.2) is 54.9 Å². The number of benzene rings is 1. The van der Waals surface area contributed by atoms with Gasteiger partial charge in [0, 0.05) is 33.0 Å². The lowest BCUT2D eigenvalue weighted by molar-refractivity contribution is -0.384. The number of hydrogen-bond donors (Lipinski definition) is 2. The van der Waals surface area contributed by atoms with Crippen LogP contribution in [0.1, 0.15) is 0 Å². The minimum absolute atomic E-state index is 0.0677. The molecule has 0 radical (unpaired) electrons. The van der Waals surface area contributed by atoms with Crippen molar-refractivity contribution < 1.29 is 14.4 Å².